The molecule has 0 atom stereocenters. The Morgan fingerprint density at radius 1 is 1.33 bits per heavy atom. The molecule has 3 heteroatoms. The van der Waals surface area contributed by atoms with Gasteiger partial charge in [0.05, 0.1) is 12.1 Å². The van der Waals surface area contributed by atoms with Gasteiger partial charge in [0, 0.05) is 12.0 Å². The van der Waals surface area contributed by atoms with Crippen molar-refractivity contribution in [1.29, 1.82) is 0 Å². The predicted molar refractivity (Wildman–Crippen MR) is 73.5 cm³/mol. The molecule has 1 saturated carbocycles. The Morgan fingerprint density at radius 3 is 2.67 bits per heavy atom. The third-order valence-corrected chi connectivity index (χ3v) is 3.97. The van der Waals surface area contributed by atoms with Crippen LogP contribution in [0.3, 0.4) is 0 Å². The van der Waals surface area contributed by atoms with Crippen molar-refractivity contribution >= 4 is 17.4 Å². The van der Waals surface area contributed by atoms with Gasteiger partial charge in [0.25, 0.3) is 0 Å². The summed E-state index contributed by atoms with van der Waals surface area (Å²) in [5, 5.41) is 0.506. The maximum absolute atomic E-state index is 12.2. The fourth-order valence-electron chi connectivity index (χ4n) is 2.61. The molecular weight excluding hydrogens is 248 g/mol. The van der Waals surface area contributed by atoms with Crippen molar-refractivity contribution in [1.82, 2.24) is 0 Å². The minimum Gasteiger partial charge on any atom is -0.495 e. The van der Waals surface area contributed by atoms with Gasteiger partial charge in [-0.2, -0.15) is 0 Å². The highest BCUT2D eigenvalue weighted by molar-refractivity contribution is 6.32. The van der Waals surface area contributed by atoms with Crippen molar-refractivity contribution in [2.75, 3.05) is 7.11 Å². The summed E-state index contributed by atoms with van der Waals surface area (Å²) in [4.78, 5) is 12.2. The van der Waals surface area contributed by atoms with Gasteiger partial charge in [-0.15, -0.1) is 0 Å². The van der Waals surface area contributed by atoms with Crippen LogP contribution in [0.5, 0.6) is 5.75 Å². The fraction of sp³-hybridized carbons (Fsp3) is 0.533. The zero-order valence-electron chi connectivity index (χ0n) is 10.7. The van der Waals surface area contributed by atoms with Gasteiger partial charge in [-0.3, -0.25) is 4.79 Å². The van der Waals surface area contributed by atoms with Gasteiger partial charge in [-0.1, -0.05) is 43.7 Å². The van der Waals surface area contributed by atoms with Gasteiger partial charge < -0.3 is 4.74 Å². The second-order valence-electron chi connectivity index (χ2n) is 4.98. The fourth-order valence-corrected chi connectivity index (χ4v) is 2.87. The summed E-state index contributed by atoms with van der Waals surface area (Å²) in [6, 6.07) is 5.28. The highest BCUT2D eigenvalue weighted by Gasteiger charge is 2.18. The molecule has 0 unspecified atom stereocenters. The first-order valence-electron chi connectivity index (χ1n) is 6.57. The number of benzene rings is 1. The van der Waals surface area contributed by atoms with E-state index in [4.69, 9.17) is 16.3 Å². The molecule has 1 fully saturated rings. The van der Waals surface area contributed by atoms with Crippen LogP contribution in [0.4, 0.5) is 0 Å². The van der Waals surface area contributed by atoms with E-state index in [1.54, 1.807) is 25.3 Å². The Balaban J connectivity index is 2.01. The zero-order chi connectivity index (χ0) is 13.0. The van der Waals surface area contributed by atoms with Crippen LogP contribution in [-0.2, 0) is 0 Å². The molecule has 0 radical (unpaired) electrons. The van der Waals surface area contributed by atoms with E-state index in [0.29, 0.717) is 28.7 Å². The van der Waals surface area contributed by atoms with Crippen molar-refractivity contribution in [3.8, 4) is 5.75 Å². The molecule has 0 saturated heterocycles. The summed E-state index contributed by atoms with van der Waals surface area (Å²) in [5.41, 5.74) is 0.700. The first-order chi connectivity index (χ1) is 8.70. The van der Waals surface area contributed by atoms with Gasteiger partial charge in [0.2, 0.25) is 0 Å². The van der Waals surface area contributed by atoms with Crippen LogP contribution in [0.1, 0.15) is 48.9 Å². The van der Waals surface area contributed by atoms with Crippen molar-refractivity contribution in [3.63, 3.8) is 0 Å². The highest BCUT2D eigenvalue weighted by Crippen LogP contribution is 2.29. The van der Waals surface area contributed by atoms with Crippen molar-refractivity contribution in [2.45, 2.75) is 38.5 Å². The van der Waals surface area contributed by atoms with Crippen LogP contribution in [-0.4, -0.2) is 12.9 Å². The normalized spacial score (nSPS) is 16.6. The van der Waals surface area contributed by atoms with Gasteiger partial charge in [0.15, 0.2) is 5.78 Å². The lowest BCUT2D eigenvalue weighted by Crippen LogP contribution is -2.12. The summed E-state index contributed by atoms with van der Waals surface area (Å²) >= 11 is 6.04. The summed E-state index contributed by atoms with van der Waals surface area (Å²) in [7, 11) is 1.57. The third-order valence-electron chi connectivity index (χ3n) is 3.67. The monoisotopic (exact) mass is 266 g/mol. The Kier molecular flexibility index (Phi) is 4.65. The Morgan fingerprint density at radius 2 is 2.06 bits per heavy atom. The highest BCUT2D eigenvalue weighted by atomic mass is 35.5. The lowest BCUT2D eigenvalue weighted by atomic mass is 9.85. The van der Waals surface area contributed by atoms with Crippen molar-refractivity contribution < 1.29 is 9.53 Å². The molecule has 1 aromatic carbocycles. The molecule has 1 aromatic rings. The quantitative estimate of drug-likeness (QED) is 0.750. The van der Waals surface area contributed by atoms with Gasteiger partial charge >= 0.3 is 0 Å². The van der Waals surface area contributed by atoms with Gasteiger partial charge in [-0.05, 0) is 24.1 Å². The van der Waals surface area contributed by atoms with E-state index >= 15 is 0 Å². The number of halogens is 1. The molecule has 2 rings (SSSR count). The number of carbonyl (C=O) groups is 1. The van der Waals surface area contributed by atoms with E-state index in [1.807, 2.05) is 0 Å². The summed E-state index contributed by atoms with van der Waals surface area (Å²) in [6.07, 6.45) is 6.88. The molecule has 1 aliphatic carbocycles. The molecule has 0 heterocycles. The average molecular weight is 267 g/mol. The molecular formula is C15H19ClO2. The molecule has 18 heavy (non-hydrogen) atoms. The number of carbonyl (C=O) groups excluding carboxylic acids is 1. The van der Waals surface area contributed by atoms with Crippen LogP contribution in [0.15, 0.2) is 18.2 Å². The van der Waals surface area contributed by atoms with E-state index < -0.39 is 0 Å². The number of hydrogen-bond acceptors (Lipinski definition) is 2. The number of ether oxygens (including phenoxy) is 1. The minimum atomic E-state index is 0.200. The number of Topliss-reactive ketones (excluding diaryl/α,β-unsaturated/α-hetero) is 1. The Hall–Kier alpha value is -1.02. The molecule has 0 aliphatic heterocycles. The van der Waals surface area contributed by atoms with Gasteiger partial charge in [-0.25, -0.2) is 0 Å². The lowest BCUT2D eigenvalue weighted by molar-refractivity contribution is 0.0950. The standard InChI is InChI=1S/C15H19ClO2/c1-18-15-8-7-12(10-13(15)16)14(17)9-11-5-3-2-4-6-11/h7-8,10-11H,2-6,9H2,1H3. The van der Waals surface area contributed by atoms with Crippen LogP contribution < -0.4 is 4.74 Å². The van der Waals surface area contributed by atoms with Crippen LogP contribution >= 0.6 is 11.6 Å². The van der Waals surface area contributed by atoms with Crippen LogP contribution in [0, 0.1) is 5.92 Å². The van der Waals surface area contributed by atoms with E-state index in [1.165, 1.54) is 32.1 Å². The first kappa shape index (κ1) is 13.4. The minimum absolute atomic E-state index is 0.200. The molecule has 1 aliphatic rings. The Labute approximate surface area is 113 Å². The molecule has 2 nitrogen and oxygen atoms in total. The third kappa shape index (κ3) is 3.26. The number of rotatable bonds is 4. The number of hydrogen-bond donors (Lipinski definition) is 0. The molecule has 0 N–H and O–H groups in total. The number of ketones is 1. The van der Waals surface area contributed by atoms with E-state index in [2.05, 4.69) is 0 Å². The van der Waals surface area contributed by atoms with E-state index in [9.17, 15) is 4.79 Å². The SMILES string of the molecule is COc1ccc(C(=O)CC2CCCCC2)cc1Cl. The number of methoxy groups -OCH3 is 1. The molecule has 0 amide bonds. The van der Waals surface area contributed by atoms with Gasteiger partial charge in [0.1, 0.15) is 5.75 Å². The van der Waals surface area contributed by atoms with Crippen molar-refractivity contribution in [2.24, 2.45) is 5.92 Å². The summed E-state index contributed by atoms with van der Waals surface area (Å²) in [6.45, 7) is 0. The zero-order valence-corrected chi connectivity index (χ0v) is 11.5. The molecule has 98 valence electrons. The first-order valence-corrected chi connectivity index (χ1v) is 6.95. The predicted octanol–water partition coefficient (Wildman–Crippen LogP) is 4.50. The summed E-state index contributed by atoms with van der Waals surface area (Å²) in [5.74, 6) is 1.38. The van der Waals surface area contributed by atoms with E-state index in [0.717, 1.165) is 0 Å². The van der Waals surface area contributed by atoms with Crippen LogP contribution in [0.25, 0.3) is 0 Å². The molecule has 0 aromatic heterocycles. The van der Waals surface area contributed by atoms with Crippen LogP contribution in [0.2, 0.25) is 5.02 Å². The molecule has 0 spiro atoms. The van der Waals surface area contributed by atoms with Crippen molar-refractivity contribution in [3.05, 3.63) is 28.8 Å². The second-order valence-corrected chi connectivity index (χ2v) is 5.39. The lowest BCUT2D eigenvalue weighted by Gasteiger charge is -2.20. The largest absolute Gasteiger partial charge is 0.495 e. The maximum Gasteiger partial charge on any atom is 0.163 e. The molecule has 0 bridgehead atoms. The smallest absolute Gasteiger partial charge is 0.163 e. The second kappa shape index (κ2) is 6.24. The van der Waals surface area contributed by atoms with E-state index in [-0.39, 0.29) is 5.78 Å². The maximum atomic E-state index is 12.2. The average Bonchev–Trinajstić information content (AvgIpc) is 2.39. The summed E-state index contributed by atoms with van der Waals surface area (Å²) < 4.78 is 5.09. The Bertz CT molecular complexity index is 423. The topological polar surface area (TPSA) is 26.3 Å².